The largest absolute Gasteiger partial charge is 0.339 e. The molecule has 112 valence electrons. The molecule has 1 amide bonds. The minimum absolute atomic E-state index is 0.259. The van der Waals surface area contributed by atoms with Crippen molar-refractivity contribution >= 4 is 5.91 Å². The van der Waals surface area contributed by atoms with E-state index in [4.69, 9.17) is 0 Å². The van der Waals surface area contributed by atoms with E-state index in [0.717, 1.165) is 45.2 Å². The van der Waals surface area contributed by atoms with Crippen molar-refractivity contribution in [3.05, 3.63) is 0 Å². The SMILES string of the molecule is CCCCCN(C(=O)C1(CCC)CCCN1)C(C)C. The van der Waals surface area contributed by atoms with Gasteiger partial charge < -0.3 is 10.2 Å². The van der Waals surface area contributed by atoms with Gasteiger partial charge in [0.2, 0.25) is 5.91 Å². The van der Waals surface area contributed by atoms with Gasteiger partial charge in [-0.1, -0.05) is 33.1 Å². The fraction of sp³-hybridized carbons (Fsp3) is 0.938. The van der Waals surface area contributed by atoms with Crippen LogP contribution in [0, 0.1) is 0 Å². The van der Waals surface area contributed by atoms with Crippen molar-refractivity contribution in [2.24, 2.45) is 0 Å². The van der Waals surface area contributed by atoms with E-state index in [-0.39, 0.29) is 5.54 Å². The number of nitrogens with zero attached hydrogens (tertiary/aromatic N) is 1. The fourth-order valence-corrected chi connectivity index (χ4v) is 3.14. The number of unbranched alkanes of at least 4 members (excludes halogenated alkanes) is 2. The summed E-state index contributed by atoms with van der Waals surface area (Å²) in [4.78, 5) is 15.1. The minimum Gasteiger partial charge on any atom is -0.339 e. The Morgan fingerprint density at radius 3 is 2.47 bits per heavy atom. The maximum absolute atomic E-state index is 13.0. The van der Waals surface area contributed by atoms with E-state index in [1.54, 1.807) is 0 Å². The lowest BCUT2D eigenvalue weighted by Crippen LogP contribution is -2.56. The monoisotopic (exact) mass is 268 g/mol. The molecule has 1 N–H and O–H groups in total. The number of carbonyl (C=O) groups is 1. The van der Waals surface area contributed by atoms with Crippen LogP contribution in [0.1, 0.15) is 72.6 Å². The average molecular weight is 268 g/mol. The molecule has 1 saturated heterocycles. The first kappa shape index (κ1) is 16.5. The second-order valence-corrected chi connectivity index (χ2v) is 6.16. The number of nitrogens with one attached hydrogen (secondary N) is 1. The molecule has 1 fully saturated rings. The van der Waals surface area contributed by atoms with E-state index in [9.17, 15) is 4.79 Å². The van der Waals surface area contributed by atoms with Crippen LogP contribution in [0.25, 0.3) is 0 Å². The van der Waals surface area contributed by atoms with Crippen molar-refractivity contribution in [2.45, 2.75) is 84.2 Å². The van der Waals surface area contributed by atoms with E-state index >= 15 is 0 Å². The predicted molar refractivity (Wildman–Crippen MR) is 81.2 cm³/mol. The molecule has 0 aromatic carbocycles. The number of hydrogen-bond acceptors (Lipinski definition) is 2. The van der Waals surface area contributed by atoms with E-state index in [1.165, 1.54) is 12.8 Å². The Labute approximate surface area is 119 Å². The summed E-state index contributed by atoms with van der Waals surface area (Å²) in [6.45, 7) is 10.6. The van der Waals surface area contributed by atoms with Crippen LogP contribution in [0.4, 0.5) is 0 Å². The first-order valence-electron chi connectivity index (χ1n) is 8.13. The summed E-state index contributed by atoms with van der Waals surface area (Å²) >= 11 is 0. The maximum atomic E-state index is 13.0. The van der Waals surface area contributed by atoms with Gasteiger partial charge in [-0.15, -0.1) is 0 Å². The molecular formula is C16H32N2O. The molecule has 19 heavy (non-hydrogen) atoms. The molecule has 0 saturated carbocycles. The van der Waals surface area contributed by atoms with Gasteiger partial charge in [0, 0.05) is 12.6 Å². The third kappa shape index (κ3) is 4.20. The Morgan fingerprint density at radius 2 is 2.00 bits per heavy atom. The van der Waals surface area contributed by atoms with Gasteiger partial charge in [0.25, 0.3) is 0 Å². The molecule has 3 nitrogen and oxygen atoms in total. The number of carbonyl (C=O) groups excluding carboxylic acids is 1. The number of hydrogen-bond donors (Lipinski definition) is 1. The highest BCUT2D eigenvalue weighted by atomic mass is 16.2. The minimum atomic E-state index is -0.259. The lowest BCUT2D eigenvalue weighted by atomic mass is 9.89. The first-order chi connectivity index (χ1) is 9.07. The molecule has 1 aliphatic heterocycles. The Morgan fingerprint density at radius 1 is 1.26 bits per heavy atom. The Bertz CT molecular complexity index is 270. The molecule has 1 unspecified atom stereocenters. The standard InChI is InChI=1S/C16H32N2O/c1-5-7-8-13-18(14(3)4)15(19)16(10-6-2)11-9-12-17-16/h14,17H,5-13H2,1-4H3. The lowest BCUT2D eigenvalue weighted by molar-refractivity contribution is -0.140. The molecule has 1 aliphatic rings. The molecule has 0 spiro atoms. The summed E-state index contributed by atoms with van der Waals surface area (Å²) in [5.41, 5.74) is -0.259. The number of amides is 1. The quantitative estimate of drug-likeness (QED) is 0.685. The van der Waals surface area contributed by atoms with Gasteiger partial charge in [-0.3, -0.25) is 4.79 Å². The van der Waals surface area contributed by atoms with Gasteiger partial charge in [0.1, 0.15) is 0 Å². The molecule has 1 heterocycles. The van der Waals surface area contributed by atoms with Crippen LogP contribution in [-0.4, -0.2) is 35.5 Å². The van der Waals surface area contributed by atoms with Crippen LogP contribution in [0.2, 0.25) is 0 Å². The summed E-state index contributed by atoms with van der Waals surface area (Å²) in [5.74, 6) is 0.345. The Kier molecular flexibility index (Phi) is 6.84. The molecule has 0 bridgehead atoms. The molecular weight excluding hydrogens is 236 g/mol. The summed E-state index contributed by atoms with van der Waals surface area (Å²) in [7, 11) is 0. The number of rotatable bonds is 8. The van der Waals surface area contributed by atoms with Gasteiger partial charge in [-0.2, -0.15) is 0 Å². The Hall–Kier alpha value is -0.570. The zero-order valence-corrected chi connectivity index (χ0v) is 13.3. The zero-order chi connectivity index (χ0) is 14.3. The van der Waals surface area contributed by atoms with Crippen LogP contribution in [0.5, 0.6) is 0 Å². The van der Waals surface area contributed by atoms with Gasteiger partial charge >= 0.3 is 0 Å². The molecule has 0 aliphatic carbocycles. The first-order valence-corrected chi connectivity index (χ1v) is 8.13. The summed E-state index contributed by atoms with van der Waals surface area (Å²) in [6, 6.07) is 0.306. The van der Waals surface area contributed by atoms with E-state index in [0.29, 0.717) is 11.9 Å². The van der Waals surface area contributed by atoms with Crippen LogP contribution < -0.4 is 5.32 Å². The average Bonchev–Trinajstić information content (AvgIpc) is 2.84. The molecule has 0 radical (unpaired) electrons. The predicted octanol–water partition coefficient (Wildman–Crippen LogP) is 3.34. The third-order valence-corrected chi connectivity index (χ3v) is 4.22. The van der Waals surface area contributed by atoms with Gasteiger partial charge in [-0.05, 0) is 46.1 Å². The van der Waals surface area contributed by atoms with E-state index in [1.807, 2.05) is 0 Å². The van der Waals surface area contributed by atoms with Crippen molar-refractivity contribution in [1.82, 2.24) is 10.2 Å². The van der Waals surface area contributed by atoms with Crippen molar-refractivity contribution in [3.8, 4) is 0 Å². The molecule has 0 aromatic rings. The zero-order valence-electron chi connectivity index (χ0n) is 13.3. The smallest absolute Gasteiger partial charge is 0.243 e. The molecule has 0 aromatic heterocycles. The van der Waals surface area contributed by atoms with Gasteiger partial charge in [0.05, 0.1) is 5.54 Å². The van der Waals surface area contributed by atoms with Crippen LogP contribution >= 0.6 is 0 Å². The lowest BCUT2D eigenvalue weighted by Gasteiger charge is -2.37. The second kappa shape index (κ2) is 7.88. The van der Waals surface area contributed by atoms with Crippen LogP contribution in [-0.2, 0) is 4.79 Å². The molecule has 3 heteroatoms. The van der Waals surface area contributed by atoms with Gasteiger partial charge in [0.15, 0.2) is 0 Å². The highest BCUT2D eigenvalue weighted by molar-refractivity contribution is 5.87. The van der Waals surface area contributed by atoms with Crippen LogP contribution in [0.3, 0.4) is 0 Å². The third-order valence-electron chi connectivity index (χ3n) is 4.22. The normalized spacial score (nSPS) is 23.0. The van der Waals surface area contributed by atoms with Crippen molar-refractivity contribution in [1.29, 1.82) is 0 Å². The second-order valence-electron chi connectivity index (χ2n) is 6.16. The van der Waals surface area contributed by atoms with Crippen LogP contribution in [0.15, 0.2) is 0 Å². The topological polar surface area (TPSA) is 32.3 Å². The van der Waals surface area contributed by atoms with Crippen molar-refractivity contribution in [3.63, 3.8) is 0 Å². The van der Waals surface area contributed by atoms with E-state index < -0.39 is 0 Å². The maximum Gasteiger partial charge on any atom is 0.243 e. The fourth-order valence-electron chi connectivity index (χ4n) is 3.14. The highest BCUT2D eigenvalue weighted by Gasteiger charge is 2.42. The summed E-state index contributed by atoms with van der Waals surface area (Å²) < 4.78 is 0. The van der Waals surface area contributed by atoms with E-state index in [2.05, 4.69) is 37.9 Å². The molecule has 1 atom stereocenters. The van der Waals surface area contributed by atoms with Crippen molar-refractivity contribution in [2.75, 3.05) is 13.1 Å². The Balaban J connectivity index is 2.72. The summed E-state index contributed by atoms with van der Waals surface area (Å²) in [5, 5.41) is 3.51. The molecule has 1 rings (SSSR count). The summed E-state index contributed by atoms with van der Waals surface area (Å²) in [6.07, 6.45) is 7.73. The highest BCUT2D eigenvalue weighted by Crippen LogP contribution is 2.28. The van der Waals surface area contributed by atoms with Crippen molar-refractivity contribution < 1.29 is 4.79 Å². The van der Waals surface area contributed by atoms with Gasteiger partial charge in [-0.25, -0.2) is 0 Å².